The number of carbonyl (C=O) groups is 1. The molecule has 1 unspecified atom stereocenters. The predicted octanol–water partition coefficient (Wildman–Crippen LogP) is 4.93. The van der Waals surface area contributed by atoms with Gasteiger partial charge in [-0.05, 0) is 73.8 Å². The third-order valence-corrected chi connectivity index (χ3v) is 5.74. The van der Waals surface area contributed by atoms with Gasteiger partial charge in [0.1, 0.15) is 17.6 Å². The van der Waals surface area contributed by atoms with Crippen molar-refractivity contribution in [1.29, 1.82) is 5.26 Å². The summed E-state index contributed by atoms with van der Waals surface area (Å²) in [6.45, 7) is 2.14. The van der Waals surface area contributed by atoms with Gasteiger partial charge in [0, 0.05) is 12.1 Å². The molecule has 0 bridgehead atoms. The first-order chi connectivity index (χ1) is 13.5. The third kappa shape index (κ3) is 4.58. The summed E-state index contributed by atoms with van der Waals surface area (Å²) >= 11 is 0. The minimum Gasteiger partial charge on any atom is -0.423 e. The molecule has 2 N–H and O–H groups in total. The van der Waals surface area contributed by atoms with Gasteiger partial charge in [0.15, 0.2) is 0 Å². The molecule has 0 amide bonds. The zero-order chi connectivity index (χ0) is 20.1. The van der Waals surface area contributed by atoms with E-state index < -0.39 is 11.8 Å². The van der Waals surface area contributed by atoms with Crippen molar-refractivity contribution in [2.24, 2.45) is 11.7 Å². The van der Waals surface area contributed by atoms with E-state index >= 15 is 0 Å². The Morgan fingerprint density at radius 3 is 2.46 bits per heavy atom. The van der Waals surface area contributed by atoms with E-state index in [1.807, 2.05) is 12.1 Å². The molecule has 5 heteroatoms. The van der Waals surface area contributed by atoms with Crippen LogP contribution in [-0.2, 0) is 0 Å². The largest absolute Gasteiger partial charge is 0.423 e. The summed E-state index contributed by atoms with van der Waals surface area (Å²) in [4.78, 5) is 12.3. The molecule has 1 fully saturated rings. The number of nitrogens with zero attached hydrogens (tertiary/aromatic N) is 1. The summed E-state index contributed by atoms with van der Waals surface area (Å²) in [5.41, 5.74) is 7.74. The van der Waals surface area contributed by atoms with Crippen LogP contribution < -0.4 is 10.5 Å². The number of hydrogen-bond acceptors (Lipinski definition) is 4. The molecule has 2 aromatic carbocycles. The second-order valence-corrected chi connectivity index (χ2v) is 7.45. The van der Waals surface area contributed by atoms with Gasteiger partial charge in [0.2, 0.25) is 0 Å². The molecule has 0 saturated heterocycles. The number of ether oxygens (including phenoxy) is 1. The number of hydrogen-bond donors (Lipinski definition) is 1. The highest BCUT2D eigenvalue weighted by Gasteiger charge is 2.25. The van der Waals surface area contributed by atoms with Gasteiger partial charge >= 0.3 is 5.97 Å². The molecule has 0 aliphatic heterocycles. The van der Waals surface area contributed by atoms with Crippen molar-refractivity contribution >= 4 is 5.97 Å². The van der Waals surface area contributed by atoms with Crippen LogP contribution >= 0.6 is 0 Å². The average molecular weight is 380 g/mol. The van der Waals surface area contributed by atoms with E-state index in [1.165, 1.54) is 17.7 Å². The first-order valence-corrected chi connectivity index (χ1v) is 9.79. The van der Waals surface area contributed by atoms with E-state index in [0.717, 1.165) is 38.2 Å². The van der Waals surface area contributed by atoms with Crippen LogP contribution in [0, 0.1) is 23.1 Å². The predicted molar refractivity (Wildman–Crippen MR) is 105 cm³/mol. The van der Waals surface area contributed by atoms with E-state index in [2.05, 4.69) is 6.92 Å². The lowest BCUT2D eigenvalue weighted by atomic mass is 9.75. The summed E-state index contributed by atoms with van der Waals surface area (Å²) < 4.78 is 18.9. The van der Waals surface area contributed by atoms with Crippen LogP contribution in [0.4, 0.5) is 4.39 Å². The first kappa shape index (κ1) is 20.0. The van der Waals surface area contributed by atoms with Gasteiger partial charge in [0.05, 0.1) is 11.1 Å². The zero-order valence-electron chi connectivity index (χ0n) is 16.0. The fourth-order valence-electron chi connectivity index (χ4n) is 3.92. The fraction of sp³-hybridized carbons (Fsp3) is 0.391. The van der Waals surface area contributed by atoms with Gasteiger partial charge in [0.25, 0.3) is 0 Å². The Bertz CT molecular complexity index is 865. The Morgan fingerprint density at radius 1 is 1.21 bits per heavy atom. The minimum absolute atomic E-state index is 0.0798. The Balaban J connectivity index is 1.60. The maximum Gasteiger partial charge on any atom is 0.343 e. The number of esters is 1. The molecule has 0 aromatic heterocycles. The summed E-state index contributed by atoms with van der Waals surface area (Å²) in [5, 5.41) is 8.75. The average Bonchev–Trinajstić information content (AvgIpc) is 2.73. The lowest BCUT2D eigenvalue weighted by Gasteiger charge is -2.32. The van der Waals surface area contributed by atoms with Crippen molar-refractivity contribution in [3.05, 3.63) is 65.0 Å². The summed E-state index contributed by atoms with van der Waals surface area (Å²) in [6.07, 6.45) is 5.55. The Labute approximate surface area is 165 Å². The van der Waals surface area contributed by atoms with Crippen molar-refractivity contribution in [3.8, 4) is 11.8 Å². The van der Waals surface area contributed by atoms with Gasteiger partial charge in [-0.15, -0.1) is 0 Å². The van der Waals surface area contributed by atoms with E-state index in [0.29, 0.717) is 23.4 Å². The summed E-state index contributed by atoms with van der Waals surface area (Å²) in [6, 6.07) is 13.2. The topological polar surface area (TPSA) is 76.1 Å². The van der Waals surface area contributed by atoms with E-state index in [1.54, 1.807) is 18.2 Å². The molecular weight excluding hydrogens is 355 g/mol. The SMILES string of the molecule is CCC(N)C1CCC(c2ccc(C(=O)Oc3ccc(C#N)c(F)c3)cc2)CC1. The second-order valence-electron chi connectivity index (χ2n) is 7.45. The standard InChI is InChI=1S/C23H25FN2O2/c1-2-22(26)17-7-3-15(4-8-17)16-5-9-18(10-6-16)23(27)28-20-12-11-19(14-25)21(24)13-20/h5-6,9-13,15,17,22H,2-4,7-8,26H2,1H3. The second kappa shape index (κ2) is 8.99. The van der Waals surface area contributed by atoms with Crippen LogP contribution in [0.25, 0.3) is 0 Å². The van der Waals surface area contributed by atoms with Crippen LogP contribution in [0.1, 0.15) is 66.4 Å². The van der Waals surface area contributed by atoms with Gasteiger partial charge in [-0.2, -0.15) is 5.26 Å². The molecule has 1 aliphatic rings. The Morgan fingerprint density at radius 2 is 1.89 bits per heavy atom. The summed E-state index contributed by atoms with van der Waals surface area (Å²) in [5.74, 6) is -0.0627. The van der Waals surface area contributed by atoms with Crippen molar-refractivity contribution in [2.45, 2.75) is 51.0 Å². The monoisotopic (exact) mass is 380 g/mol. The molecule has 146 valence electrons. The molecule has 3 rings (SSSR count). The lowest BCUT2D eigenvalue weighted by Crippen LogP contribution is -2.32. The Kier molecular flexibility index (Phi) is 6.43. The van der Waals surface area contributed by atoms with Crippen LogP contribution in [0.5, 0.6) is 5.75 Å². The highest BCUT2D eigenvalue weighted by molar-refractivity contribution is 5.91. The van der Waals surface area contributed by atoms with Crippen molar-refractivity contribution < 1.29 is 13.9 Å². The minimum atomic E-state index is -0.707. The maximum atomic E-state index is 13.6. The summed E-state index contributed by atoms with van der Waals surface area (Å²) in [7, 11) is 0. The number of nitriles is 1. The van der Waals surface area contributed by atoms with Gasteiger partial charge in [-0.1, -0.05) is 19.1 Å². The molecule has 0 spiro atoms. The van der Waals surface area contributed by atoms with Crippen molar-refractivity contribution in [1.82, 2.24) is 0 Å². The molecule has 4 nitrogen and oxygen atoms in total. The molecule has 0 heterocycles. The number of rotatable bonds is 5. The van der Waals surface area contributed by atoms with Crippen molar-refractivity contribution in [3.63, 3.8) is 0 Å². The molecule has 2 aromatic rings. The van der Waals surface area contributed by atoms with E-state index in [4.69, 9.17) is 15.7 Å². The zero-order valence-corrected chi connectivity index (χ0v) is 16.0. The number of carbonyl (C=O) groups excluding carboxylic acids is 1. The van der Waals surface area contributed by atoms with Crippen LogP contribution in [0.15, 0.2) is 42.5 Å². The molecular formula is C23H25FN2O2. The third-order valence-electron chi connectivity index (χ3n) is 5.74. The highest BCUT2D eigenvalue weighted by atomic mass is 19.1. The lowest BCUT2D eigenvalue weighted by molar-refractivity contribution is 0.0734. The highest BCUT2D eigenvalue weighted by Crippen LogP contribution is 2.37. The number of nitrogens with two attached hydrogens (primary N) is 1. The van der Waals surface area contributed by atoms with Crippen molar-refractivity contribution in [2.75, 3.05) is 0 Å². The molecule has 1 saturated carbocycles. The van der Waals surface area contributed by atoms with Crippen LogP contribution in [0.2, 0.25) is 0 Å². The molecule has 28 heavy (non-hydrogen) atoms. The van der Waals surface area contributed by atoms with Crippen LogP contribution in [0.3, 0.4) is 0 Å². The number of benzene rings is 2. The van der Waals surface area contributed by atoms with Gasteiger partial charge < -0.3 is 10.5 Å². The Hall–Kier alpha value is -2.71. The van der Waals surface area contributed by atoms with Crippen LogP contribution in [-0.4, -0.2) is 12.0 Å². The van der Waals surface area contributed by atoms with E-state index in [-0.39, 0.29) is 11.3 Å². The van der Waals surface area contributed by atoms with Gasteiger partial charge in [-0.3, -0.25) is 0 Å². The maximum absolute atomic E-state index is 13.6. The number of halogens is 1. The van der Waals surface area contributed by atoms with E-state index in [9.17, 15) is 9.18 Å². The molecule has 0 radical (unpaired) electrons. The van der Waals surface area contributed by atoms with Gasteiger partial charge in [-0.25, -0.2) is 9.18 Å². The smallest absolute Gasteiger partial charge is 0.343 e. The molecule has 1 atom stereocenters. The normalized spacial score (nSPS) is 20.2. The quantitative estimate of drug-likeness (QED) is 0.589. The molecule has 1 aliphatic carbocycles. The fourth-order valence-corrected chi connectivity index (χ4v) is 3.92. The first-order valence-electron chi connectivity index (χ1n) is 9.79.